The van der Waals surface area contributed by atoms with Crippen molar-refractivity contribution in [2.75, 3.05) is 6.54 Å². The summed E-state index contributed by atoms with van der Waals surface area (Å²) in [6.45, 7) is 4.57. The first kappa shape index (κ1) is 16.9. The molecule has 4 nitrogen and oxygen atoms in total. The van der Waals surface area contributed by atoms with Gasteiger partial charge < -0.3 is 4.90 Å². The smallest absolute Gasteiger partial charge is 0.262 e. The Morgan fingerprint density at radius 2 is 1.90 bits per heavy atom. The van der Waals surface area contributed by atoms with Gasteiger partial charge in [0.2, 0.25) is 0 Å². The highest BCUT2D eigenvalue weighted by Gasteiger charge is 2.33. The van der Waals surface area contributed by atoms with E-state index in [0.717, 1.165) is 6.42 Å². The van der Waals surface area contributed by atoms with Crippen LogP contribution in [-0.2, 0) is 9.05 Å². The number of hydrogen-bond acceptors (Lipinski definition) is 3. The summed E-state index contributed by atoms with van der Waals surface area (Å²) in [6.07, 6.45) is 0.883. The van der Waals surface area contributed by atoms with Crippen LogP contribution in [0.25, 0.3) is 0 Å². The predicted molar refractivity (Wildman–Crippen MR) is 83.8 cm³/mol. The summed E-state index contributed by atoms with van der Waals surface area (Å²) in [5.41, 5.74) is -0.0130. The number of hydrogen-bond donors (Lipinski definition) is 0. The molecule has 21 heavy (non-hydrogen) atoms. The summed E-state index contributed by atoms with van der Waals surface area (Å²) in [5.74, 6) is 0.00506. The standard InChI is InChI=1S/C13H14Cl3NO3S/c1-7-5-8(2)17(6-7)13(18)11-9(14)3-4-10(12(11)15)21(16,19)20/h3-4,7-8H,5-6H2,1-2H3. The number of carbonyl (C=O) groups is 1. The maximum absolute atomic E-state index is 12.6. The zero-order chi connectivity index (χ0) is 15.9. The van der Waals surface area contributed by atoms with Gasteiger partial charge in [0.15, 0.2) is 0 Å². The van der Waals surface area contributed by atoms with Crippen LogP contribution in [0.2, 0.25) is 10.0 Å². The number of likely N-dealkylation sites (tertiary alicyclic amines) is 1. The summed E-state index contributed by atoms with van der Waals surface area (Å²) in [4.78, 5) is 14.0. The van der Waals surface area contributed by atoms with Crippen molar-refractivity contribution >= 4 is 48.8 Å². The number of nitrogens with zero attached hydrogens (tertiary/aromatic N) is 1. The van der Waals surface area contributed by atoms with E-state index in [4.69, 9.17) is 33.9 Å². The van der Waals surface area contributed by atoms with Gasteiger partial charge in [0, 0.05) is 23.3 Å². The highest BCUT2D eigenvalue weighted by atomic mass is 35.7. The van der Waals surface area contributed by atoms with Crippen molar-refractivity contribution in [3.8, 4) is 0 Å². The molecular formula is C13H14Cl3NO3S. The molecule has 0 aliphatic carbocycles. The number of benzene rings is 1. The maximum atomic E-state index is 12.6. The molecule has 8 heteroatoms. The van der Waals surface area contributed by atoms with Crippen molar-refractivity contribution < 1.29 is 13.2 Å². The molecule has 116 valence electrons. The summed E-state index contributed by atoms with van der Waals surface area (Å²) < 4.78 is 23.0. The monoisotopic (exact) mass is 369 g/mol. The second-order valence-corrected chi connectivity index (χ2v) is 8.64. The molecule has 0 aromatic heterocycles. The Bertz CT molecular complexity index is 690. The third-order valence-corrected chi connectivity index (χ3v) is 5.76. The first-order valence-electron chi connectivity index (χ1n) is 6.36. The van der Waals surface area contributed by atoms with E-state index in [0.29, 0.717) is 12.5 Å². The molecule has 1 aliphatic rings. The van der Waals surface area contributed by atoms with Crippen LogP contribution in [-0.4, -0.2) is 31.8 Å². The van der Waals surface area contributed by atoms with Crippen molar-refractivity contribution in [2.24, 2.45) is 5.92 Å². The van der Waals surface area contributed by atoms with E-state index < -0.39 is 9.05 Å². The lowest BCUT2D eigenvalue weighted by atomic mass is 10.1. The van der Waals surface area contributed by atoms with E-state index in [1.54, 1.807) is 4.90 Å². The Kier molecular flexibility index (Phi) is 4.78. The van der Waals surface area contributed by atoms with Crippen molar-refractivity contribution in [2.45, 2.75) is 31.2 Å². The highest BCUT2D eigenvalue weighted by molar-refractivity contribution is 8.13. The lowest BCUT2D eigenvalue weighted by Gasteiger charge is -2.23. The second kappa shape index (κ2) is 5.95. The minimum absolute atomic E-state index is 0.0130. The quantitative estimate of drug-likeness (QED) is 0.744. The zero-order valence-electron chi connectivity index (χ0n) is 11.4. The fraction of sp³-hybridized carbons (Fsp3) is 0.462. The SMILES string of the molecule is CC1CC(C)N(C(=O)c2c(Cl)ccc(S(=O)(=O)Cl)c2Cl)C1. The van der Waals surface area contributed by atoms with Crippen LogP contribution in [0.4, 0.5) is 0 Å². The Hall–Kier alpha value is -0.490. The van der Waals surface area contributed by atoms with Gasteiger partial charge in [0.05, 0.1) is 15.6 Å². The van der Waals surface area contributed by atoms with E-state index >= 15 is 0 Å². The van der Waals surface area contributed by atoms with E-state index in [2.05, 4.69) is 0 Å². The molecule has 1 aliphatic heterocycles. The molecule has 0 spiro atoms. The van der Waals surface area contributed by atoms with Gasteiger partial charge in [0.1, 0.15) is 4.90 Å². The molecule has 1 fully saturated rings. The van der Waals surface area contributed by atoms with Gasteiger partial charge in [-0.15, -0.1) is 0 Å². The minimum Gasteiger partial charge on any atom is -0.336 e. The molecule has 1 heterocycles. The van der Waals surface area contributed by atoms with Crippen LogP contribution in [0.5, 0.6) is 0 Å². The highest BCUT2D eigenvalue weighted by Crippen LogP contribution is 2.35. The summed E-state index contributed by atoms with van der Waals surface area (Å²) in [6, 6.07) is 2.57. The molecule has 1 saturated heterocycles. The summed E-state index contributed by atoms with van der Waals surface area (Å²) >= 11 is 12.1. The Labute approximate surface area is 138 Å². The number of carbonyl (C=O) groups excluding carboxylic acids is 1. The summed E-state index contributed by atoms with van der Waals surface area (Å²) in [5, 5.41) is -0.116. The molecule has 1 aromatic rings. The summed E-state index contributed by atoms with van der Waals surface area (Å²) in [7, 11) is 1.28. The van der Waals surface area contributed by atoms with E-state index in [-0.39, 0.29) is 32.5 Å². The van der Waals surface area contributed by atoms with Gasteiger partial charge in [-0.2, -0.15) is 0 Å². The topological polar surface area (TPSA) is 54.5 Å². The Balaban J connectivity index is 2.51. The Morgan fingerprint density at radius 1 is 1.29 bits per heavy atom. The van der Waals surface area contributed by atoms with Crippen molar-refractivity contribution in [1.29, 1.82) is 0 Å². The van der Waals surface area contributed by atoms with Gasteiger partial charge in [0.25, 0.3) is 15.0 Å². The van der Waals surface area contributed by atoms with Crippen LogP contribution < -0.4 is 0 Å². The molecule has 0 bridgehead atoms. The average molecular weight is 371 g/mol. The molecule has 1 aromatic carbocycles. The van der Waals surface area contributed by atoms with Crippen LogP contribution in [0.15, 0.2) is 17.0 Å². The van der Waals surface area contributed by atoms with Gasteiger partial charge in [-0.1, -0.05) is 30.1 Å². The second-order valence-electron chi connectivity index (χ2n) is 5.32. The van der Waals surface area contributed by atoms with Crippen molar-refractivity contribution in [3.63, 3.8) is 0 Å². The maximum Gasteiger partial charge on any atom is 0.262 e. The number of amides is 1. The molecule has 0 N–H and O–H groups in total. The molecule has 2 rings (SSSR count). The normalized spacial score (nSPS) is 22.6. The van der Waals surface area contributed by atoms with Crippen LogP contribution in [0, 0.1) is 5.92 Å². The van der Waals surface area contributed by atoms with E-state index in [1.807, 2.05) is 13.8 Å². The van der Waals surface area contributed by atoms with Crippen LogP contribution in [0.3, 0.4) is 0 Å². The van der Waals surface area contributed by atoms with Crippen LogP contribution >= 0.6 is 33.9 Å². The average Bonchev–Trinajstić information content (AvgIpc) is 2.66. The van der Waals surface area contributed by atoms with Crippen molar-refractivity contribution in [1.82, 2.24) is 4.90 Å². The van der Waals surface area contributed by atoms with E-state index in [1.165, 1.54) is 12.1 Å². The molecule has 0 saturated carbocycles. The van der Waals surface area contributed by atoms with Gasteiger partial charge in [-0.05, 0) is 31.4 Å². The van der Waals surface area contributed by atoms with E-state index in [9.17, 15) is 13.2 Å². The van der Waals surface area contributed by atoms with Gasteiger partial charge in [-0.3, -0.25) is 4.79 Å². The van der Waals surface area contributed by atoms with Gasteiger partial charge >= 0.3 is 0 Å². The number of rotatable bonds is 2. The predicted octanol–water partition coefficient (Wildman–Crippen LogP) is 3.79. The van der Waals surface area contributed by atoms with Crippen LogP contribution in [0.1, 0.15) is 30.6 Å². The molecule has 1 amide bonds. The van der Waals surface area contributed by atoms with Gasteiger partial charge in [-0.25, -0.2) is 8.42 Å². The first-order valence-corrected chi connectivity index (χ1v) is 9.43. The lowest BCUT2D eigenvalue weighted by Crippen LogP contribution is -2.34. The fourth-order valence-electron chi connectivity index (χ4n) is 2.64. The Morgan fingerprint density at radius 3 is 2.38 bits per heavy atom. The fourth-order valence-corrected chi connectivity index (χ4v) is 4.53. The zero-order valence-corrected chi connectivity index (χ0v) is 14.5. The minimum atomic E-state index is -4.04. The largest absolute Gasteiger partial charge is 0.336 e. The third-order valence-electron chi connectivity index (χ3n) is 3.58. The molecule has 2 atom stereocenters. The van der Waals surface area contributed by atoms with Crippen molar-refractivity contribution in [3.05, 3.63) is 27.7 Å². The number of halogens is 3. The first-order chi connectivity index (χ1) is 9.62. The molecular weight excluding hydrogens is 357 g/mol. The lowest BCUT2D eigenvalue weighted by molar-refractivity contribution is 0.0744. The third kappa shape index (κ3) is 3.31. The molecule has 0 radical (unpaired) electrons. The molecule has 2 unspecified atom stereocenters.